The van der Waals surface area contributed by atoms with E-state index in [2.05, 4.69) is 0 Å². The van der Waals surface area contributed by atoms with Gasteiger partial charge >= 0.3 is 0 Å². The molecule has 2 aromatic rings. The minimum absolute atomic E-state index is 0.0185. The highest BCUT2D eigenvalue weighted by molar-refractivity contribution is 5.14. The van der Waals surface area contributed by atoms with E-state index in [1.165, 1.54) is 0 Å². The quantitative estimate of drug-likeness (QED) is 0.117. The van der Waals surface area contributed by atoms with E-state index in [1.807, 2.05) is 60.7 Å². The Bertz CT molecular complexity index is 918. The molecule has 0 aliphatic carbocycles. The number of ether oxygens (including phenoxy) is 5. The van der Waals surface area contributed by atoms with Crippen molar-refractivity contribution in [2.45, 2.75) is 101 Å². The van der Waals surface area contributed by atoms with Crippen molar-refractivity contribution >= 4 is 0 Å². The largest absolute Gasteiger partial charge is 0.396 e. The van der Waals surface area contributed by atoms with Gasteiger partial charge in [-0.05, 0) is 43.2 Å². The first-order chi connectivity index (χ1) is 19.9. The van der Waals surface area contributed by atoms with E-state index in [0.717, 1.165) is 11.1 Å². The smallest absolute Gasteiger partial charge is 0.157 e. The predicted molar refractivity (Wildman–Crippen MR) is 150 cm³/mol. The Balaban J connectivity index is 1.31. The van der Waals surface area contributed by atoms with Crippen molar-refractivity contribution in [2.75, 3.05) is 20.2 Å². The third-order valence-corrected chi connectivity index (χ3v) is 6.95. The second kappa shape index (κ2) is 19.3. The van der Waals surface area contributed by atoms with Gasteiger partial charge in [-0.25, -0.2) is 0 Å². The number of aliphatic hydroxyl groups excluding tert-OH is 5. The summed E-state index contributed by atoms with van der Waals surface area (Å²) in [4.78, 5) is 0. The fourth-order valence-electron chi connectivity index (χ4n) is 4.93. The molecule has 1 saturated heterocycles. The number of benzene rings is 2. The number of rotatable bonds is 20. The van der Waals surface area contributed by atoms with Crippen LogP contribution in [0.5, 0.6) is 0 Å². The van der Waals surface area contributed by atoms with E-state index < -0.39 is 36.8 Å². The first kappa shape index (κ1) is 33.5. The van der Waals surface area contributed by atoms with E-state index in [4.69, 9.17) is 23.7 Å². The van der Waals surface area contributed by atoms with Gasteiger partial charge in [0.25, 0.3) is 0 Å². The van der Waals surface area contributed by atoms with Crippen molar-refractivity contribution in [2.24, 2.45) is 0 Å². The lowest BCUT2D eigenvalue weighted by atomic mass is 9.95. The standard InChI is InChI=1S/C31H46O10/c32-12-11-28(39-21-37-19-23-7-3-1-4-8-23)15-26(34)13-25(33)14-27(35)16-30-17-29(18-31(36)41-30)40-22-38-20-24-9-5-2-6-10-24/h1-10,25-36H,11-22H2/t25-,26-,27+,28-,29+,30-,31?/m1/s1. The SMILES string of the molecule is OCC[C@H](C[C@H](O)C[C@@H](O)C[C@H](O)C[C@@H]1C[C@H](OCOCc2ccccc2)CC(O)O1)OCOCc1ccccc1. The Labute approximate surface area is 242 Å². The molecule has 1 unspecified atom stereocenters. The van der Waals surface area contributed by atoms with Crippen LogP contribution < -0.4 is 0 Å². The summed E-state index contributed by atoms with van der Waals surface area (Å²) in [7, 11) is 0. The minimum Gasteiger partial charge on any atom is -0.396 e. The molecule has 3 rings (SSSR count). The van der Waals surface area contributed by atoms with Crippen molar-refractivity contribution in [3.8, 4) is 0 Å². The van der Waals surface area contributed by atoms with Crippen LogP contribution in [-0.2, 0) is 36.9 Å². The highest BCUT2D eigenvalue weighted by Gasteiger charge is 2.31. The highest BCUT2D eigenvalue weighted by Crippen LogP contribution is 2.25. The van der Waals surface area contributed by atoms with Gasteiger partial charge in [-0.3, -0.25) is 0 Å². The van der Waals surface area contributed by atoms with Gasteiger partial charge in [0.15, 0.2) is 6.29 Å². The fraction of sp³-hybridized carbons (Fsp3) is 0.613. The molecule has 2 aromatic carbocycles. The van der Waals surface area contributed by atoms with Crippen LogP contribution in [-0.4, -0.2) is 88.6 Å². The second-order valence-electron chi connectivity index (χ2n) is 10.6. The molecule has 0 saturated carbocycles. The molecule has 1 heterocycles. The van der Waals surface area contributed by atoms with Crippen molar-refractivity contribution in [3.05, 3.63) is 71.8 Å². The van der Waals surface area contributed by atoms with E-state index >= 15 is 0 Å². The Morgan fingerprint density at radius 2 is 1.34 bits per heavy atom. The average molecular weight is 579 g/mol. The van der Waals surface area contributed by atoms with Crippen LogP contribution in [0.25, 0.3) is 0 Å². The molecule has 1 fully saturated rings. The van der Waals surface area contributed by atoms with E-state index in [1.54, 1.807) is 0 Å². The summed E-state index contributed by atoms with van der Waals surface area (Å²) in [5, 5.41) is 51.0. The average Bonchev–Trinajstić information content (AvgIpc) is 2.94. The van der Waals surface area contributed by atoms with Crippen molar-refractivity contribution in [1.82, 2.24) is 0 Å². The molecule has 0 amide bonds. The van der Waals surface area contributed by atoms with Crippen LogP contribution in [0.3, 0.4) is 0 Å². The lowest BCUT2D eigenvalue weighted by Crippen LogP contribution is -2.39. The molecular weight excluding hydrogens is 532 g/mol. The molecule has 5 N–H and O–H groups in total. The number of hydrogen-bond acceptors (Lipinski definition) is 10. The Hall–Kier alpha value is -1.96. The van der Waals surface area contributed by atoms with Gasteiger partial charge in [-0.1, -0.05) is 60.7 Å². The lowest BCUT2D eigenvalue weighted by molar-refractivity contribution is -0.218. The van der Waals surface area contributed by atoms with Gasteiger partial charge in [0.2, 0.25) is 0 Å². The summed E-state index contributed by atoms with van der Waals surface area (Å²) in [6.07, 6.45) is -3.25. The Morgan fingerprint density at radius 3 is 1.98 bits per heavy atom. The maximum absolute atomic E-state index is 10.6. The van der Waals surface area contributed by atoms with Gasteiger partial charge < -0.3 is 49.2 Å². The maximum Gasteiger partial charge on any atom is 0.157 e. The summed E-state index contributed by atoms with van der Waals surface area (Å²) >= 11 is 0. The molecule has 0 radical (unpaired) electrons. The maximum atomic E-state index is 10.6. The Kier molecular flexibility index (Phi) is 15.8. The van der Waals surface area contributed by atoms with Crippen LogP contribution in [0, 0.1) is 0 Å². The third-order valence-electron chi connectivity index (χ3n) is 6.95. The zero-order chi connectivity index (χ0) is 29.3. The van der Waals surface area contributed by atoms with Gasteiger partial charge in [0.1, 0.15) is 13.6 Å². The molecule has 7 atom stereocenters. The predicted octanol–water partition coefficient (Wildman–Crippen LogP) is 2.63. The van der Waals surface area contributed by atoms with Crippen LogP contribution in [0.1, 0.15) is 56.1 Å². The molecular formula is C31H46O10. The van der Waals surface area contributed by atoms with E-state index in [-0.39, 0.29) is 52.0 Å². The van der Waals surface area contributed by atoms with Gasteiger partial charge in [-0.2, -0.15) is 0 Å². The third kappa shape index (κ3) is 14.2. The first-order valence-corrected chi connectivity index (χ1v) is 14.4. The lowest BCUT2D eigenvalue weighted by Gasteiger charge is -2.34. The summed E-state index contributed by atoms with van der Waals surface area (Å²) in [6.45, 7) is 0.813. The topological polar surface area (TPSA) is 147 Å². The minimum atomic E-state index is -1.01. The molecule has 10 heteroatoms. The second-order valence-corrected chi connectivity index (χ2v) is 10.6. The van der Waals surface area contributed by atoms with Crippen LogP contribution in [0.4, 0.5) is 0 Å². The Morgan fingerprint density at radius 1 is 0.756 bits per heavy atom. The molecule has 0 spiro atoms. The molecule has 41 heavy (non-hydrogen) atoms. The van der Waals surface area contributed by atoms with Crippen LogP contribution in [0.2, 0.25) is 0 Å². The molecule has 0 aromatic heterocycles. The molecule has 1 aliphatic heterocycles. The zero-order valence-corrected chi connectivity index (χ0v) is 23.6. The van der Waals surface area contributed by atoms with Crippen LogP contribution >= 0.6 is 0 Å². The first-order valence-electron chi connectivity index (χ1n) is 14.4. The molecule has 1 aliphatic rings. The van der Waals surface area contributed by atoms with E-state index in [9.17, 15) is 25.5 Å². The van der Waals surface area contributed by atoms with Crippen molar-refractivity contribution in [1.29, 1.82) is 0 Å². The van der Waals surface area contributed by atoms with Gasteiger partial charge in [-0.15, -0.1) is 0 Å². The van der Waals surface area contributed by atoms with Crippen LogP contribution in [0.15, 0.2) is 60.7 Å². The monoisotopic (exact) mass is 578 g/mol. The number of hydrogen-bond donors (Lipinski definition) is 5. The van der Waals surface area contributed by atoms with Gasteiger partial charge in [0.05, 0.1) is 49.8 Å². The highest BCUT2D eigenvalue weighted by atomic mass is 16.7. The molecule has 10 nitrogen and oxygen atoms in total. The summed E-state index contributed by atoms with van der Waals surface area (Å²) < 4.78 is 28.1. The van der Waals surface area contributed by atoms with Crippen molar-refractivity contribution < 1.29 is 49.2 Å². The summed E-state index contributed by atoms with van der Waals surface area (Å²) in [6, 6.07) is 19.4. The summed E-state index contributed by atoms with van der Waals surface area (Å²) in [5.41, 5.74) is 2.05. The van der Waals surface area contributed by atoms with Crippen molar-refractivity contribution in [3.63, 3.8) is 0 Å². The fourth-order valence-corrected chi connectivity index (χ4v) is 4.93. The molecule has 230 valence electrons. The molecule has 0 bridgehead atoms. The normalized spacial score (nSPS) is 22.2. The van der Waals surface area contributed by atoms with Gasteiger partial charge in [0, 0.05) is 19.4 Å². The van der Waals surface area contributed by atoms with E-state index in [0.29, 0.717) is 32.5 Å². The zero-order valence-electron chi connectivity index (χ0n) is 23.6. The summed E-state index contributed by atoms with van der Waals surface area (Å²) in [5.74, 6) is 0. The number of aliphatic hydroxyl groups is 5.